The van der Waals surface area contributed by atoms with Gasteiger partial charge in [0.2, 0.25) is 35.4 Å². The molecule has 16 heteroatoms. The Kier molecular flexibility index (Phi) is 16.2. The van der Waals surface area contributed by atoms with Gasteiger partial charge >= 0.3 is 5.97 Å². The van der Waals surface area contributed by atoms with E-state index in [9.17, 15) is 48.9 Å². The Morgan fingerprint density at radius 3 is 1.51 bits per heavy atom. The van der Waals surface area contributed by atoms with Crippen molar-refractivity contribution in [1.29, 1.82) is 0 Å². The topological polar surface area (TPSA) is 266 Å². The maximum Gasteiger partial charge on any atom is 0.305 e. The van der Waals surface area contributed by atoms with Gasteiger partial charge in [-0.25, -0.2) is 0 Å². The van der Waals surface area contributed by atoms with Crippen molar-refractivity contribution in [3.63, 3.8) is 0 Å². The van der Waals surface area contributed by atoms with E-state index in [4.69, 9.17) is 5.73 Å². The van der Waals surface area contributed by atoms with Crippen LogP contribution in [0.1, 0.15) is 60.8 Å². The average Bonchev–Trinajstić information content (AvgIpc) is 2.82. The van der Waals surface area contributed by atoms with Crippen molar-refractivity contribution in [1.82, 2.24) is 26.6 Å². The molecule has 0 saturated carbocycles. The van der Waals surface area contributed by atoms with Crippen LogP contribution in [0.5, 0.6) is 0 Å². The molecule has 10 N–H and O–H groups in total. The number of rotatable bonds is 18. The highest BCUT2D eigenvalue weighted by atomic mass is 16.4. The van der Waals surface area contributed by atoms with Gasteiger partial charge in [0.15, 0.2) is 0 Å². The summed E-state index contributed by atoms with van der Waals surface area (Å²) in [5, 5.41) is 40.4. The lowest BCUT2D eigenvalue weighted by Crippen LogP contribution is -2.62. The largest absolute Gasteiger partial charge is 0.481 e. The zero-order chi connectivity index (χ0) is 32.0. The number of aliphatic carboxylic acids is 1. The quantitative estimate of drug-likeness (QED) is 0.0776. The van der Waals surface area contributed by atoms with E-state index in [0.29, 0.717) is 0 Å². The average molecular weight is 589 g/mol. The molecule has 0 unspecified atom stereocenters. The molecule has 41 heavy (non-hydrogen) atoms. The number of nitrogens with one attached hydrogen (secondary N) is 5. The number of hydrogen-bond acceptors (Lipinski definition) is 9. The van der Waals surface area contributed by atoms with Gasteiger partial charge in [-0.1, -0.05) is 27.7 Å². The van der Waals surface area contributed by atoms with Crippen molar-refractivity contribution in [2.24, 2.45) is 17.6 Å². The SMILES string of the molecule is CC(=O)N[C@@H](CC(C)C)C(=O)N[C@@H](CC(=O)O)C(=O)N[C@H](C(=O)N[C@@H](CO)C(=O)N[C@@H](CC(C)C)C(N)=O)[C@@H](C)O. The van der Waals surface area contributed by atoms with Gasteiger partial charge in [0.1, 0.15) is 30.2 Å². The van der Waals surface area contributed by atoms with Crippen LogP contribution in [-0.2, 0) is 33.6 Å². The first-order chi connectivity index (χ1) is 18.9. The molecule has 0 aromatic carbocycles. The molecule has 6 amide bonds. The first-order valence-electron chi connectivity index (χ1n) is 13.2. The van der Waals surface area contributed by atoms with Gasteiger partial charge in [-0.3, -0.25) is 33.6 Å². The Labute approximate surface area is 238 Å². The minimum absolute atomic E-state index is 0.0251. The molecule has 0 heterocycles. The molecule has 0 aliphatic heterocycles. The van der Waals surface area contributed by atoms with Crippen molar-refractivity contribution >= 4 is 41.4 Å². The number of carboxylic acids is 1. The summed E-state index contributed by atoms with van der Waals surface area (Å²) in [5.74, 6) is -6.96. The molecule has 0 saturated heterocycles. The first kappa shape index (κ1) is 37.2. The number of carboxylic acid groups (broad SMARTS) is 1. The molecule has 0 aliphatic rings. The summed E-state index contributed by atoms with van der Waals surface area (Å²) in [7, 11) is 0. The number of nitrogens with two attached hydrogens (primary N) is 1. The summed E-state index contributed by atoms with van der Waals surface area (Å²) in [6.07, 6.45) is -2.10. The van der Waals surface area contributed by atoms with E-state index in [2.05, 4.69) is 26.6 Å². The van der Waals surface area contributed by atoms with E-state index in [0.717, 1.165) is 6.92 Å². The van der Waals surface area contributed by atoms with Crippen LogP contribution >= 0.6 is 0 Å². The number of aliphatic hydroxyl groups is 2. The third-order valence-electron chi connectivity index (χ3n) is 5.66. The summed E-state index contributed by atoms with van der Waals surface area (Å²) in [6, 6.07) is -7.21. The monoisotopic (exact) mass is 588 g/mol. The number of aliphatic hydroxyl groups excluding tert-OH is 2. The maximum atomic E-state index is 13.0. The Bertz CT molecular complexity index is 955. The predicted molar refractivity (Wildman–Crippen MR) is 144 cm³/mol. The molecule has 0 fully saturated rings. The number of carbonyl (C=O) groups excluding carboxylic acids is 6. The Morgan fingerprint density at radius 1 is 0.659 bits per heavy atom. The lowest BCUT2D eigenvalue weighted by atomic mass is 10.0. The molecule has 0 bridgehead atoms. The van der Waals surface area contributed by atoms with Gasteiger partial charge in [-0.05, 0) is 31.6 Å². The van der Waals surface area contributed by atoms with Gasteiger partial charge in [0, 0.05) is 6.92 Å². The highest BCUT2D eigenvalue weighted by Gasteiger charge is 2.34. The van der Waals surface area contributed by atoms with Crippen LogP contribution in [0.3, 0.4) is 0 Å². The zero-order valence-electron chi connectivity index (χ0n) is 24.2. The Hall–Kier alpha value is -3.79. The minimum Gasteiger partial charge on any atom is -0.481 e. The molecule has 0 aromatic heterocycles. The normalized spacial score (nSPS) is 15.5. The number of amides is 6. The Morgan fingerprint density at radius 2 is 1.10 bits per heavy atom. The summed E-state index contributed by atoms with van der Waals surface area (Å²) in [4.78, 5) is 85.8. The van der Waals surface area contributed by atoms with E-state index in [1.165, 1.54) is 6.92 Å². The van der Waals surface area contributed by atoms with E-state index in [1.54, 1.807) is 27.7 Å². The van der Waals surface area contributed by atoms with Gasteiger partial charge in [0.05, 0.1) is 19.1 Å². The predicted octanol–water partition coefficient (Wildman–Crippen LogP) is -3.14. The molecular formula is C25H44N6O10. The smallest absolute Gasteiger partial charge is 0.305 e. The van der Waals surface area contributed by atoms with Crippen molar-refractivity contribution in [3.05, 3.63) is 0 Å². The maximum absolute atomic E-state index is 13.0. The second-order valence-corrected chi connectivity index (χ2v) is 10.6. The van der Waals surface area contributed by atoms with Gasteiger partial charge < -0.3 is 47.6 Å². The van der Waals surface area contributed by atoms with Gasteiger partial charge in [-0.2, -0.15) is 0 Å². The van der Waals surface area contributed by atoms with Crippen LogP contribution in [0.25, 0.3) is 0 Å². The summed E-state index contributed by atoms with van der Waals surface area (Å²) in [6.45, 7) is 8.54. The second-order valence-electron chi connectivity index (χ2n) is 10.6. The first-order valence-corrected chi connectivity index (χ1v) is 13.2. The van der Waals surface area contributed by atoms with Crippen molar-refractivity contribution in [3.8, 4) is 0 Å². The van der Waals surface area contributed by atoms with E-state index in [-0.39, 0.29) is 24.7 Å². The van der Waals surface area contributed by atoms with E-state index in [1.807, 2.05) is 0 Å². The summed E-state index contributed by atoms with van der Waals surface area (Å²) in [5.41, 5.74) is 5.31. The molecule has 6 atom stereocenters. The van der Waals surface area contributed by atoms with Crippen molar-refractivity contribution < 1.29 is 48.9 Å². The molecule has 0 spiro atoms. The number of carbonyl (C=O) groups is 7. The number of primary amides is 1. The fourth-order valence-corrected chi connectivity index (χ4v) is 3.71. The fourth-order valence-electron chi connectivity index (χ4n) is 3.71. The molecule has 0 radical (unpaired) electrons. The Balaban J connectivity index is 5.74. The zero-order valence-corrected chi connectivity index (χ0v) is 24.2. The van der Waals surface area contributed by atoms with Crippen LogP contribution in [0.4, 0.5) is 0 Å². The molecule has 0 rings (SSSR count). The second kappa shape index (κ2) is 17.8. The molecule has 0 aliphatic carbocycles. The van der Waals surface area contributed by atoms with Gasteiger partial charge in [-0.15, -0.1) is 0 Å². The highest BCUT2D eigenvalue weighted by molar-refractivity contribution is 5.97. The molecular weight excluding hydrogens is 544 g/mol. The minimum atomic E-state index is -1.75. The molecule has 234 valence electrons. The lowest BCUT2D eigenvalue weighted by molar-refractivity contribution is -0.142. The van der Waals surface area contributed by atoms with E-state index >= 15 is 0 Å². The van der Waals surface area contributed by atoms with Gasteiger partial charge in [0.25, 0.3) is 0 Å². The van der Waals surface area contributed by atoms with E-state index < -0.39 is 90.8 Å². The third-order valence-corrected chi connectivity index (χ3v) is 5.66. The standard InChI is InChI=1S/C25H44N6O10/c1-11(2)7-15(21(26)37)28-24(40)18(10-32)30-25(41)20(13(5)33)31-23(39)17(9-19(35)36)29-22(38)16(8-12(3)4)27-14(6)34/h11-13,15-18,20,32-33H,7-10H2,1-6H3,(H2,26,37)(H,27,34)(H,28,40)(H,29,38)(H,30,41)(H,31,39)(H,35,36)/t13-,15+,16+,17+,18+,20+/m1/s1. The van der Waals surface area contributed by atoms with Crippen LogP contribution in [0.15, 0.2) is 0 Å². The van der Waals surface area contributed by atoms with Crippen molar-refractivity contribution in [2.45, 2.75) is 97.1 Å². The van der Waals surface area contributed by atoms with Crippen LogP contribution < -0.4 is 32.3 Å². The van der Waals surface area contributed by atoms with Crippen LogP contribution in [0, 0.1) is 11.8 Å². The lowest BCUT2D eigenvalue weighted by Gasteiger charge is -2.27. The number of hydrogen-bond donors (Lipinski definition) is 9. The molecule has 0 aromatic rings. The third kappa shape index (κ3) is 14.4. The summed E-state index contributed by atoms with van der Waals surface area (Å²) >= 11 is 0. The fraction of sp³-hybridized carbons (Fsp3) is 0.720. The van der Waals surface area contributed by atoms with Crippen molar-refractivity contribution in [2.75, 3.05) is 6.61 Å². The van der Waals surface area contributed by atoms with Crippen LogP contribution in [-0.4, -0.2) is 99.7 Å². The summed E-state index contributed by atoms with van der Waals surface area (Å²) < 4.78 is 0. The highest BCUT2D eigenvalue weighted by Crippen LogP contribution is 2.08. The molecule has 16 nitrogen and oxygen atoms in total. The van der Waals surface area contributed by atoms with Crippen LogP contribution in [0.2, 0.25) is 0 Å².